The summed E-state index contributed by atoms with van der Waals surface area (Å²) in [7, 11) is 0. The van der Waals surface area contributed by atoms with E-state index < -0.39 is 0 Å². The molecule has 68 valence electrons. The molecule has 4 aliphatic rings. The molecule has 4 rings (SSSR count). The maximum Gasteiger partial charge on any atom is 0.0840 e. The zero-order valence-corrected chi connectivity index (χ0v) is 8.05. The third kappa shape index (κ3) is 0.783. The van der Waals surface area contributed by atoms with Crippen LogP contribution in [0.15, 0.2) is 0 Å². The minimum atomic E-state index is 0.648. The molecule has 0 amide bonds. The van der Waals surface area contributed by atoms with Crippen molar-refractivity contribution < 1.29 is 4.74 Å². The molecule has 1 aliphatic heterocycles. The SMILES string of the molecule is CC1(C)C2CCC(C3CO3)C1C2. The van der Waals surface area contributed by atoms with Gasteiger partial charge in [-0.25, -0.2) is 0 Å². The van der Waals surface area contributed by atoms with Crippen molar-refractivity contribution in [1.82, 2.24) is 0 Å². The fourth-order valence-corrected chi connectivity index (χ4v) is 3.62. The Morgan fingerprint density at radius 2 is 2.00 bits per heavy atom. The summed E-state index contributed by atoms with van der Waals surface area (Å²) < 4.78 is 5.44. The van der Waals surface area contributed by atoms with E-state index in [0.717, 1.165) is 24.4 Å². The van der Waals surface area contributed by atoms with Crippen LogP contribution in [0.1, 0.15) is 33.1 Å². The first-order valence-electron chi connectivity index (χ1n) is 5.31. The van der Waals surface area contributed by atoms with Gasteiger partial charge in [0.2, 0.25) is 0 Å². The molecule has 0 N–H and O–H groups in total. The van der Waals surface area contributed by atoms with Crippen molar-refractivity contribution >= 4 is 0 Å². The number of hydrogen-bond acceptors (Lipinski definition) is 1. The molecule has 4 fully saturated rings. The zero-order chi connectivity index (χ0) is 8.34. The smallest absolute Gasteiger partial charge is 0.0840 e. The van der Waals surface area contributed by atoms with Crippen molar-refractivity contribution in [3.63, 3.8) is 0 Å². The molecule has 0 radical (unpaired) electrons. The van der Waals surface area contributed by atoms with E-state index in [4.69, 9.17) is 4.74 Å². The van der Waals surface area contributed by atoms with Gasteiger partial charge in [0.05, 0.1) is 12.7 Å². The molecule has 0 aromatic rings. The van der Waals surface area contributed by atoms with E-state index in [0.29, 0.717) is 11.5 Å². The summed E-state index contributed by atoms with van der Waals surface area (Å²) in [6, 6.07) is 0. The monoisotopic (exact) mass is 166 g/mol. The summed E-state index contributed by atoms with van der Waals surface area (Å²) in [5.74, 6) is 2.95. The van der Waals surface area contributed by atoms with Crippen molar-refractivity contribution in [2.75, 3.05) is 6.61 Å². The molecule has 3 aliphatic carbocycles. The van der Waals surface area contributed by atoms with Gasteiger partial charge >= 0.3 is 0 Å². The van der Waals surface area contributed by atoms with Gasteiger partial charge < -0.3 is 4.74 Å². The van der Waals surface area contributed by atoms with E-state index in [-0.39, 0.29) is 0 Å². The second-order valence-electron chi connectivity index (χ2n) is 5.47. The van der Waals surface area contributed by atoms with E-state index in [2.05, 4.69) is 13.8 Å². The van der Waals surface area contributed by atoms with Gasteiger partial charge in [-0.3, -0.25) is 0 Å². The lowest BCUT2D eigenvalue weighted by Crippen LogP contribution is -2.53. The first-order chi connectivity index (χ1) is 5.69. The largest absolute Gasteiger partial charge is 0.373 e. The van der Waals surface area contributed by atoms with Gasteiger partial charge in [0, 0.05) is 0 Å². The Kier molecular flexibility index (Phi) is 1.27. The van der Waals surface area contributed by atoms with Crippen LogP contribution in [0.5, 0.6) is 0 Å². The fraction of sp³-hybridized carbons (Fsp3) is 1.00. The van der Waals surface area contributed by atoms with Gasteiger partial charge in [-0.15, -0.1) is 0 Å². The third-order valence-electron chi connectivity index (χ3n) is 4.75. The lowest BCUT2D eigenvalue weighted by atomic mass is 9.45. The van der Waals surface area contributed by atoms with E-state index in [9.17, 15) is 0 Å². The van der Waals surface area contributed by atoms with E-state index in [1.54, 1.807) is 0 Å². The molecule has 2 bridgehead atoms. The Bertz CT molecular complexity index is 201. The van der Waals surface area contributed by atoms with Crippen LogP contribution in [0.4, 0.5) is 0 Å². The summed E-state index contributed by atoms with van der Waals surface area (Å²) in [5, 5.41) is 0. The number of ether oxygens (including phenoxy) is 1. The Balaban J connectivity index is 1.80. The molecule has 3 saturated carbocycles. The highest BCUT2D eigenvalue weighted by atomic mass is 16.6. The van der Waals surface area contributed by atoms with Crippen LogP contribution in [0, 0.1) is 23.2 Å². The Morgan fingerprint density at radius 3 is 2.50 bits per heavy atom. The summed E-state index contributed by atoms with van der Waals surface area (Å²) >= 11 is 0. The van der Waals surface area contributed by atoms with Crippen molar-refractivity contribution in [3.8, 4) is 0 Å². The van der Waals surface area contributed by atoms with Gasteiger partial charge in [0.1, 0.15) is 0 Å². The topological polar surface area (TPSA) is 12.5 Å². The van der Waals surface area contributed by atoms with Gasteiger partial charge in [0.25, 0.3) is 0 Å². The molecule has 1 heterocycles. The molecule has 4 atom stereocenters. The highest BCUT2D eigenvalue weighted by Gasteiger charge is 2.57. The molecule has 1 nitrogen and oxygen atoms in total. The molecular weight excluding hydrogens is 148 g/mol. The van der Waals surface area contributed by atoms with Crippen molar-refractivity contribution in [3.05, 3.63) is 0 Å². The van der Waals surface area contributed by atoms with Gasteiger partial charge in [0.15, 0.2) is 0 Å². The highest BCUT2D eigenvalue weighted by molar-refractivity contribution is 5.06. The average molecular weight is 166 g/mol. The summed E-state index contributed by atoms with van der Waals surface area (Å²) in [5.41, 5.74) is 0.648. The third-order valence-corrected chi connectivity index (χ3v) is 4.75. The maximum atomic E-state index is 5.44. The minimum Gasteiger partial charge on any atom is -0.373 e. The lowest BCUT2D eigenvalue weighted by molar-refractivity contribution is -0.111. The summed E-state index contributed by atoms with van der Waals surface area (Å²) in [4.78, 5) is 0. The average Bonchev–Trinajstić information content (AvgIpc) is 2.86. The quantitative estimate of drug-likeness (QED) is 0.545. The van der Waals surface area contributed by atoms with Gasteiger partial charge in [-0.2, -0.15) is 0 Å². The number of epoxide rings is 1. The van der Waals surface area contributed by atoms with Gasteiger partial charge in [-0.05, 0) is 42.4 Å². The molecule has 4 unspecified atom stereocenters. The first kappa shape index (κ1) is 7.37. The summed E-state index contributed by atoms with van der Waals surface area (Å²) in [6.45, 7) is 5.97. The molecule has 0 aromatic carbocycles. The van der Waals surface area contributed by atoms with Crippen LogP contribution >= 0.6 is 0 Å². The van der Waals surface area contributed by atoms with E-state index in [1.807, 2.05) is 0 Å². The number of hydrogen-bond donors (Lipinski definition) is 0. The lowest BCUT2D eigenvalue weighted by Gasteiger charge is -2.60. The Labute approximate surface area is 74.5 Å². The predicted molar refractivity (Wildman–Crippen MR) is 47.8 cm³/mol. The Hall–Kier alpha value is -0.0400. The van der Waals surface area contributed by atoms with Crippen LogP contribution in [0.3, 0.4) is 0 Å². The number of rotatable bonds is 1. The van der Waals surface area contributed by atoms with Crippen LogP contribution in [-0.4, -0.2) is 12.7 Å². The molecule has 12 heavy (non-hydrogen) atoms. The van der Waals surface area contributed by atoms with E-state index >= 15 is 0 Å². The molecule has 1 saturated heterocycles. The normalized spacial score (nSPS) is 54.5. The van der Waals surface area contributed by atoms with Crippen LogP contribution in [0.2, 0.25) is 0 Å². The molecule has 0 spiro atoms. The van der Waals surface area contributed by atoms with Crippen molar-refractivity contribution in [2.24, 2.45) is 23.2 Å². The maximum absolute atomic E-state index is 5.44. The van der Waals surface area contributed by atoms with Crippen molar-refractivity contribution in [1.29, 1.82) is 0 Å². The highest BCUT2D eigenvalue weighted by Crippen LogP contribution is 2.63. The van der Waals surface area contributed by atoms with Crippen LogP contribution in [-0.2, 0) is 4.74 Å². The number of fused-ring (bicyclic) bond motifs is 2. The first-order valence-corrected chi connectivity index (χ1v) is 5.31. The van der Waals surface area contributed by atoms with Crippen molar-refractivity contribution in [2.45, 2.75) is 39.2 Å². The standard InChI is InChI=1S/C11H18O/c1-11(2)7-3-4-8(9(11)5-7)10-6-12-10/h7-10H,3-6H2,1-2H3. The molecule has 0 aromatic heterocycles. The van der Waals surface area contributed by atoms with E-state index in [1.165, 1.54) is 19.3 Å². The molecular formula is C11H18O. The summed E-state index contributed by atoms with van der Waals surface area (Å²) in [6.07, 6.45) is 5.07. The molecule has 1 heteroatoms. The second-order valence-corrected chi connectivity index (χ2v) is 5.47. The van der Waals surface area contributed by atoms with Gasteiger partial charge in [-0.1, -0.05) is 13.8 Å². The second kappa shape index (κ2) is 2.06. The Morgan fingerprint density at radius 1 is 1.25 bits per heavy atom. The van der Waals surface area contributed by atoms with Crippen LogP contribution in [0.25, 0.3) is 0 Å². The zero-order valence-electron chi connectivity index (χ0n) is 8.05. The predicted octanol–water partition coefficient (Wildman–Crippen LogP) is 2.46. The minimum absolute atomic E-state index is 0.648. The fourth-order valence-electron chi connectivity index (χ4n) is 3.62. The van der Waals surface area contributed by atoms with Crippen LogP contribution < -0.4 is 0 Å².